The molecule has 1 aromatic heterocycles. The Balaban J connectivity index is 1.32. The van der Waals surface area contributed by atoms with Crippen LogP contribution in [0.2, 0.25) is 0 Å². The van der Waals surface area contributed by atoms with E-state index in [4.69, 9.17) is 0 Å². The summed E-state index contributed by atoms with van der Waals surface area (Å²) in [6.45, 7) is 1.43. The van der Waals surface area contributed by atoms with Crippen molar-refractivity contribution in [3.8, 4) is 0 Å². The first-order valence-electron chi connectivity index (χ1n) is 9.67. The molecule has 4 rings (SSSR count). The summed E-state index contributed by atoms with van der Waals surface area (Å²) >= 11 is 0. The summed E-state index contributed by atoms with van der Waals surface area (Å²) in [6.07, 6.45) is 7.50. The Morgan fingerprint density at radius 3 is 2.67 bits per heavy atom. The van der Waals surface area contributed by atoms with Crippen molar-refractivity contribution >= 4 is 11.8 Å². The summed E-state index contributed by atoms with van der Waals surface area (Å²) in [5.74, 6) is 0.245. The molecule has 2 saturated heterocycles. The van der Waals surface area contributed by atoms with Crippen molar-refractivity contribution in [2.24, 2.45) is 7.05 Å². The maximum absolute atomic E-state index is 12.5. The number of amides is 2. The lowest BCUT2D eigenvalue weighted by Gasteiger charge is -2.39. The lowest BCUT2D eigenvalue weighted by atomic mass is 9.82. The Hall–Kier alpha value is -2.63. The number of rotatable bonds is 4. The molecule has 2 fully saturated rings. The second-order valence-corrected chi connectivity index (χ2v) is 7.84. The number of hydrogen-bond donors (Lipinski definition) is 1. The smallest absolute Gasteiger partial charge is 0.228 e. The van der Waals surface area contributed by atoms with Crippen molar-refractivity contribution in [2.45, 2.75) is 43.6 Å². The number of likely N-dealkylation sites (tertiary alicyclic amines) is 1. The van der Waals surface area contributed by atoms with Gasteiger partial charge in [-0.2, -0.15) is 5.10 Å². The van der Waals surface area contributed by atoms with E-state index in [0.717, 1.165) is 36.8 Å². The van der Waals surface area contributed by atoms with Crippen LogP contribution in [0.4, 0.5) is 0 Å². The number of carbonyl (C=O) groups is 2. The van der Waals surface area contributed by atoms with Gasteiger partial charge in [0.25, 0.3) is 0 Å². The molecular weight excluding hydrogens is 340 g/mol. The first-order chi connectivity index (χ1) is 13.0. The Morgan fingerprint density at radius 1 is 1.26 bits per heavy atom. The van der Waals surface area contributed by atoms with Crippen LogP contribution in [0.3, 0.4) is 0 Å². The summed E-state index contributed by atoms with van der Waals surface area (Å²) < 4.78 is 1.76. The number of nitrogens with one attached hydrogen (secondary N) is 1. The molecule has 1 aromatic carbocycles. The zero-order valence-corrected chi connectivity index (χ0v) is 15.7. The first-order valence-corrected chi connectivity index (χ1v) is 9.67. The predicted molar refractivity (Wildman–Crippen MR) is 102 cm³/mol. The number of benzene rings is 1. The summed E-state index contributed by atoms with van der Waals surface area (Å²) in [5, 5.41) is 7.40. The van der Waals surface area contributed by atoms with Gasteiger partial charge in [0.15, 0.2) is 0 Å². The van der Waals surface area contributed by atoms with Crippen molar-refractivity contribution in [3.63, 3.8) is 0 Å². The van der Waals surface area contributed by atoms with Crippen LogP contribution in [0.1, 0.15) is 42.7 Å². The molecule has 2 aliphatic rings. The van der Waals surface area contributed by atoms with Gasteiger partial charge in [-0.05, 0) is 36.8 Å². The minimum absolute atomic E-state index is 0.0703. The third-order valence-electron chi connectivity index (χ3n) is 5.96. The highest BCUT2D eigenvalue weighted by Gasteiger charge is 2.46. The number of nitrogens with zero attached hydrogens (tertiary/aromatic N) is 3. The van der Waals surface area contributed by atoms with Gasteiger partial charge >= 0.3 is 0 Å². The van der Waals surface area contributed by atoms with Gasteiger partial charge in [0.1, 0.15) is 0 Å². The van der Waals surface area contributed by atoms with Gasteiger partial charge in [-0.15, -0.1) is 0 Å². The maximum atomic E-state index is 12.5. The van der Waals surface area contributed by atoms with E-state index >= 15 is 0 Å². The van der Waals surface area contributed by atoms with E-state index in [1.807, 2.05) is 54.7 Å². The van der Waals surface area contributed by atoms with Crippen LogP contribution in [-0.4, -0.2) is 45.1 Å². The standard InChI is InChI=1S/C21H26N4O2/c1-24-15-16(14-22-24)7-8-19(26)25-11-9-21(10-12-25)13-18(20(27)23-21)17-5-3-2-4-6-17/h2-6,14-15,18H,7-13H2,1H3,(H,23,27)/t18-/m1/s1. The SMILES string of the molecule is Cn1cc(CCC(=O)N2CCC3(CC2)C[C@H](c2ccccc2)C(=O)N3)cn1. The fraction of sp³-hybridized carbons (Fsp3) is 0.476. The lowest BCUT2D eigenvalue weighted by molar-refractivity contribution is -0.132. The van der Waals surface area contributed by atoms with Crippen LogP contribution in [0.25, 0.3) is 0 Å². The third kappa shape index (κ3) is 3.75. The van der Waals surface area contributed by atoms with Crippen molar-refractivity contribution in [2.75, 3.05) is 13.1 Å². The van der Waals surface area contributed by atoms with Crippen molar-refractivity contribution < 1.29 is 9.59 Å². The van der Waals surface area contributed by atoms with Crippen molar-refractivity contribution in [3.05, 3.63) is 53.9 Å². The van der Waals surface area contributed by atoms with Gasteiger partial charge in [0.05, 0.1) is 12.1 Å². The Labute approximate surface area is 159 Å². The summed E-state index contributed by atoms with van der Waals surface area (Å²) in [4.78, 5) is 27.0. The van der Waals surface area contributed by atoms with Crippen molar-refractivity contribution in [1.29, 1.82) is 0 Å². The largest absolute Gasteiger partial charge is 0.350 e. The molecule has 0 saturated carbocycles. The molecular formula is C21H26N4O2. The highest BCUT2D eigenvalue weighted by atomic mass is 16.2. The molecule has 1 spiro atoms. The fourth-order valence-corrected chi connectivity index (χ4v) is 4.36. The Kier molecular flexibility index (Phi) is 4.72. The molecule has 1 N–H and O–H groups in total. The Bertz CT molecular complexity index is 822. The quantitative estimate of drug-likeness (QED) is 0.900. The van der Waals surface area contributed by atoms with Crippen LogP contribution in [0, 0.1) is 0 Å². The number of aryl methyl sites for hydroxylation is 2. The second kappa shape index (κ2) is 7.18. The molecule has 27 heavy (non-hydrogen) atoms. The van der Waals surface area contributed by atoms with Gasteiger partial charge in [0.2, 0.25) is 11.8 Å². The molecule has 2 amide bonds. The predicted octanol–water partition coefficient (Wildman–Crippen LogP) is 2.02. The molecule has 1 atom stereocenters. The molecule has 0 radical (unpaired) electrons. The number of hydrogen-bond acceptors (Lipinski definition) is 3. The fourth-order valence-electron chi connectivity index (χ4n) is 4.36. The molecule has 6 nitrogen and oxygen atoms in total. The van der Waals surface area contributed by atoms with Gasteiger partial charge < -0.3 is 10.2 Å². The van der Waals surface area contributed by atoms with Crippen molar-refractivity contribution in [1.82, 2.24) is 20.0 Å². The molecule has 0 bridgehead atoms. The van der Waals surface area contributed by atoms with Gasteiger partial charge in [-0.3, -0.25) is 14.3 Å². The van der Waals surface area contributed by atoms with E-state index in [9.17, 15) is 9.59 Å². The highest BCUT2D eigenvalue weighted by Crippen LogP contribution is 2.39. The van der Waals surface area contributed by atoms with E-state index in [2.05, 4.69) is 10.4 Å². The van der Waals surface area contributed by atoms with E-state index < -0.39 is 0 Å². The zero-order chi connectivity index (χ0) is 18.9. The van der Waals surface area contributed by atoms with Crippen LogP contribution >= 0.6 is 0 Å². The molecule has 2 aromatic rings. The van der Waals surface area contributed by atoms with Crippen LogP contribution < -0.4 is 5.32 Å². The monoisotopic (exact) mass is 366 g/mol. The van der Waals surface area contributed by atoms with E-state index in [1.54, 1.807) is 4.68 Å². The van der Waals surface area contributed by atoms with E-state index in [-0.39, 0.29) is 23.3 Å². The summed E-state index contributed by atoms with van der Waals surface area (Å²) in [6, 6.07) is 10.00. The summed E-state index contributed by atoms with van der Waals surface area (Å²) in [5.41, 5.74) is 2.02. The number of aromatic nitrogens is 2. The van der Waals surface area contributed by atoms with E-state index in [0.29, 0.717) is 19.5 Å². The van der Waals surface area contributed by atoms with Gasteiger partial charge in [0, 0.05) is 38.3 Å². The number of piperidine rings is 1. The summed E-state index contributed by atoms with van der Waals surface area (Å²) in [7, 11) is 1.88. The topological polar surface area (TPSA) is 67.2 Å². The van der Waals surface area contributed by atoms with E-state index in [1.165, 1.54) is 0 Å². The molecule has 6 heteroatoms. The minimum Gasteiger partial charge on any atom is -0.350 e. The Morgan fingerprint density at radius 2 is 2.00 bits per heavy atom. The van der Waals surface area contributed by atoms with Crippen LogP contribution in [-0.2, 0) is 23.1 Å². The van der Waals surface area contributed by atoms with Gasteiger partial charge in [-0.25, -0.2) is 0 Å². The third-order valence-corrected chi connectivity index (χ3v) is 5.96. The average molecular weight is 366 g/mol. The molecule has 2 aliphatic heterocycles. The first kappa shape index (κ1) is 17.8. The second-order valence-electron chi connectivity index (χ2n) is 7.84. The lowest BCUT2D eigenvalue weighted by Crippen LogP contribution is -2.52. The molecule has 0 aliphatic carbocycles. The molecule has 3 heterocycles. The highest BCUT2D eigenvalue weighted by molar-refractivity contribution is 5.87. The normalized spacial score (nSPS) is 21.4. The molecule has 142 valence electrons. The molecule has 0 unspecified atom stereocenters. The van der Waals surface area contributed by atoms with Gasteiger partial charge in [-0.1, -0.05) is 30.3 Å². The average Bonchev–Trinajstić information content (AvgIpc) is 3.24. The van der Waals surface area contributed by atoms with Crippen LogP contribution in [0.5, 0.6) is 0 Å². The maximum Gasteiger partial charge on any atom is 0.228 e. The minimum atomic E-state index is -0.155. The zero-order valence-electron chi connectivity index (χ0n) is 15.7. The number of carbonyl (C=O) groups excluding carboxylic acids is 2. The van der Waals surface area contributed by atoms with Crippen LogP contribution in [0.15, 0.2) is 42.7 Å².